The van der Waals surface area contributed by atoms with Crippen molar-refractivity contribution in [2.24, 2.45) is 11.8 Å². The van der Waals surface area contributed by atoms with Gasteiger partial charge in [0, 0.05) is 0 Å². The Labute approximate surface area is 231 Å². The number of alkyl halides is 6. The van der Waals surface area contributed by atoms with E-state index in [4.69, 9.17) is 9.47 Å². The number of halogens is 4. The van der Waals surface area contributed by atoms with Crippen LogP contribution in [0.15, 0.2) is 48.1 Å². The number of carbonyl (C=O) groups excluding carboxylic acids is 1. The monoisotopic (exact) mass is 651 g/mol. The minimum atomic E-state index is -4.72. The van der Waals surface area contributed by atoms with Crippen molar-refractivity contribution in [2.75, 3.05) is 15.4 Å². The van der Waals surface area contributed by atoms with Crippen LogP contribution in [0.3, 0.4) is 0 Å². The van der Waals surface area contributed by atoms with Crippen molar-refractivity contribution < 1.29 is 32.2 Å². The molecule has 1 saturated heterocycles. The van der Waals surface area contributed by atoms with E-state index in [-0.39, 0.29) is 15.5 Å². The van der Waals surface area contributed by atoms with Crippen molar-refractivity contribution in [2.45, 2.75) is 82.3 Å². The van der Waals surface area contributed by atoms with Gasteiger partial charge in [0.1, 0.15) is 0 Å². The number of amides is 1. The van der Waals surface area contributed by atoms with E-state index < -0.39 is 31.8 Å². The first-order chi connectivity index (χ1) is 17.7. The number of hydrogen-bond donors (Lipinski definition) is 1. The van der Waals surface area contributed by atoms with E-state index in [1.165, 1.54) is 12.1 Å². The summed E-state index contributed by atoms with van der Waals surface area (Å²) in [6, 6.07) is 5.69. The van der Waals surface area contributed by atoms with Gasteiger partial charge in [-0.1, -0.05) is 0 Å². The zero-order valence-corrected chi connectivity index (χ0v) is 25.2. The second-order valence-corrected chi connectivity index (χ2v) is 17.2. The number of hydrogen-bond acceptors (Lipinski definition) is 4. The Kier molecular flexibility index (Phi) is 10.1. The molecule has 2 heterocycles. The van der Waals surface area contributed by atoms with Crippen LogP contribution in [0, 0.1) is 11.8 Å². The predicted molar refractivity (Wildman–Crippen MR) is 153 cm³/mol. The molecule has 0 spiro atoms. The van der Waals surface area contributed by atoms with Gasteiger partial charge in [0.05, 0.1) is 0 Å². The van der Waals surface area contributed by atoms with Crippen LogP contribution >= 0.6 is 19.8 Å². The van der Waals surface area contributed by atoms with Crippen molar-refractivity contribution in [3.8, 4) is 11.5 Å². The molecule has 0 aromatic heterocycles. The van der Waals surface area contributed by atoms with Crippen molar-refractivity contribution in [3.63, 3.8) is 0 Å². The zero-order chi connectivity index (χ0) is 28.1. The number of nitrogens with one attached hydrogen (secondary N) is 1. The molecule has 1 N–H and O–H groups in total. The Hall–Kier alpha value is -1.91. The average molecular weight is 652 g/mol. The van der Waals surface area contributed by atoms with E-state index in [1.807, 2.05) is 27.7 Å². The van der Waals surface area contributed by atoms with Gasteiger partial charge in [-0.25, -0.2) is 0 Å². The quantitative estimate of drug-likeness (QED) is 0.193. The van der Waals surface area contributed by atoms with Crippen LogP contribution in [0.25, 0.3) is 0 Å². The molecule has 2 aliphatic rings. The van der Waals surface area contributed by atoms with Gasteiger partial charge < -0.3 is 0 Å². The summed E-state index contributed by atoms with van der Waals surface area (Å²) in [7, 11) is 0. The minimum absolute atomic E-state index is 0.260. The van der Waals surface area contributed by atoms with Crippen LogP contribution in [0.5, 0.6) is 11.5 Å². The molecule has 3 unspecified atom stereocenters. The van der Waals surface area contributed by atoms with Crippen LogP contribution in [0.2, 0.25) is 0 Å². The molecule has 9 heteroatoms. The summed E-state index contributed by atoms with van der Waals surface area (Å²) in [5.74, 6) is 1.07. The average Bonchev–Trinajstić information content (AvgIpc) is 3.49. The second-order valence-electron chi connectivity index (χ2n) is 11.1. The summed E-state index contributed by atoms with van der Waals surface area (Å²) >= 11 is -1.47. The summed E-state index contributed by atoms with van der Waals surface area (Å²) in [5, 5.41) is 2.92. The summed E-state index contributed by atoms with van der Waals surface area (Å²) in [5.41, 5.74) is 1.61. The maximum absolute atomic E-state index is 12.5. The Morgan fingerprint density at radius 1 is 1.18 bits per heavy atom. The van der Waals surface area contributed by atoms with Crippen molar-refractivity contribution in [1.29, 1.82) is 0 Å². The molecule has 0 aliphatic carbocycles. The zero-order valence-electron chi connectivity index (χ0n) is 23.1. The third kappa shape index (κ3) is 8.81. The first-order valence-electron chi connectivity index (χ1n) is 13.2. The molecule has 3 atom stereocenters. The van der Waals surface area contributed by atoms with E-state index >= 15 is 0 Å². The van der Waals surface area contributed by atoms with E-state index in [0.29, 0.717) is 24.1 Å². The van der Waals surface area contributed by atoms with E-state index in [0.717, 1.165) is 52.1 Å². The Balaban J connectivity index is 1.74. The summed E-state index contributed by atoms with van der Waals surface area (Å²) in [6.07, 6.45) is 2.53. The van der Waals surface area contributed by atoms with Crippen LogP contribution in [0.1, 0.15) is 66.7 Å². The van der Waals surface area contributed by atoms with E-state index in [2.05, 4.69) is 29.6 Å². The summed E-state index contributed by atoms with van der Waals surface area (Å²) < 4.78 is 55.4. The SMILES string of the molecule is C=C(C)C1=CC(C(CCCC)CCNC(=O)OC(C)(C)C)CCI2CC12Oc1ccc(OC(F)(F)F)cc1. The molecule has 0 radical (unpaired) electrons. The molecule has 2 aliphatic heterocycles. The Bertz CT molecular complexity index is 1000. The number of rotatable bonds is 11. The first-order valence-corrected chi connectivity index (χ1v) is 17.4. The van der Waals surface area contributed by atoms with Crippen LogP contribution in [-0.2, 0) is 4.74 Å². The standard InChI is InChI=1S/C29H41F3INO4/c1-7-8-9-21(15-17-34-26(35)38-27(4,5)6)22-14-16-33-19-28(33,25(18-22)20(2)3)36-23-10-12-24(13-11-23)37-29(30,31)32/h10-13,18,21-22H,2,7-9,14-17,19H2,1,3-6H3,(H,34,35). The number of carbonyl (C=O) groups is 1. The summed E-state index contributed by atoms with van der Waals surface area (Å²) in [4.78, 5) is 12.2. The number of ether oxygens (including phenoxy) is 3. The molecule has 1 fully saturated rings. The number of benzene rings is 1. The number of fused-ring (bicyclic) bond motifs is 1. The molecule has 5 nitrogen and oxygen atoms in total. The molecule has 38 heavy (non-hydrogen) atoms. The fourth-order valence-corrected chi connectivity index (χ4v) is 12.6. The molecule has 0 saturated carbocycles. The summed E-state index contributed by atoms with van der Waals surface area (Å²) in [6.45, 7) is 14.6. The molecule has 1 amide bonds. The number of alkyl carbamates (subject to hydrolysis) is 1. The van der Waals surface area contributed by atoms with Gasteiger partial charge in [-0.05, 0) is 0 Å². The Morgan fingerprint density at radius 3 is 2.42 bits per heavy atom. The van der Waals surface area contributed by atoms with Gasteiger partial charge in [-0.3, -0.25) is 0 Å². The molecule has 1 aromatic rings. The molecular weight excluding hydrogens is 610 g/mol. The van der Waals surface area contributed by atoms with E-state index in [9.17, 15) is 18.0 Å². The van der Waals surface area contributed by atoms with Gasteiger partial charge in [-0.15, -0.1) is 0 Å². The second kappa shape index (κ2) is 12.5. The van der Waals surface area contributed by atoms with E-state index in [1.54, 1.807) is 12.1 Å². The Morgan fingerprint density at radius 2 is 1.84 bits per heavy atom. The fourth-order valence-electron chi connectivity index (χ4n) is 4.88. The maximum atomic E-state index is 12.5. The molecule has 1 aromatic carbocycles. The van der Waals surface area contributed by atoms with Gasteiger partial charge >= 0.3 is 233 Å². The topological polar surface area (TPSA) is 56.8 Å². The molecule has 214 valence electrons. The first kappa shape index (κ1) is 30.6. The third-order valence-corrected chi connectivity index (χ3v) is 13.3. The van der Waals surface area contributed by atoms with Crippen LogP contribution in [-0.4, -0.2) is 37.1 Å². The third-order valence-electron chi connectivity index (χ3n) is 6.65. The van der Waals surface area contributed by atoms with Gasteiger partial charge in [0.25, 0.3) is 0 Å². The molecular formula is C29H41F3INO4. The van der Waals surface area contributed by atoms with Crippen molar-refractivity contribution >= 4 is 25.9 Å². The predicted octanol–water partition coefficient (Wildman–Crippen LogP) is 8.42. The van der Waals surface area contributed by atoms with Crippen molar-refractivity contribution in [1.82, 2.24) is 5.32 Å². The fraction of sp³-hybridized carbons (Fsp3) is 0.621. The van der Waals surface area contributed by atoms with Gasteiger partial charge in [0.15, 0.2) is 0 Å². The molecule has 0 bridgehead atoms. The number of unbranched alkanes of at least 4 members (excludes halogenated alkanes) is 1. The number of allylic oxidation sites excluding steroid dienone is 1. The van der Waals surface area contributed by atoms with Crippen molar-refractivity contribution in [3.05, 3.63) is 48.1 Å². The van der Waals surface area contributed by atoms with Crippen LogP contribution < -0.4 is 14.8 Å². The molecule has 3 rings (SSSR count). The van der Waals surface area contributed by atoms with Gasteiger partial charge in [0.2, 0.25) is 0 Å². The van der Waals surface area contributed by atoms with Gasteiger partial charge in [-0.2, -0.15) is 0 Å². The van der Waals surface area contributed by atoms with Crippen LogP contribution in [0.4, 0.5) is 18.0 Å². The normalized spacial score (nSPS) is 22.9.